The Balaban J connectivity index is 1.71. The van der Waals surface area contributed by atoms with Crippen LogP contribution in [-0.2, 0) is 23.1 Å². The van der Waals surface area contributed by atoms with E-state index in [2.05, 4.69) is 10.8 Å². The Morgan fingerprint density at radius 1 is 1.10 bits per heavy atom. The minimum absolute atomic E-state index is 0.120. The molecule has 1 N–H and O–H groups in total. The van der Waals surface area contributed by atoms with Crippen LogP contribution in [0.2, 0.25) is 0 Å². The van der Waals surface area contributed by atoms with Gasteiger partial charge in [0.05, 0.1) is 16.5 Å². The molecule has 2 aromatic carbocycles. The fourth-order valence-electron chi connectivity index (χ4n) is 3.05. The number of nitrogens with zero attached hydrogens (tertiary/aromatic N) is 2. The molecular weight excluding hydrogens is 430 g/mol. The van der Waals surface area contributed by atoms with Gasteiger partial charge >= 0.3 is 0 Å². The van der Waals surface area contributed by atoms with Gasteiger partial charge in [-0.15, -0.1) is 11.3 Å². The zero-order valence-corrected chi connectivity index (χ0v) is 18.7. The highest BCUT2D eigenvalue weighted by atomic mass is 32.2. The third-order valence-corrected chi connectivity index (χ3v) is 6.96. The summed E-state index contributed by atoms with van der Waals surface area (Å²) in [5.41, 5.74) is 1.93. The molecule has 0 saturated carbocycles. The van der Waals surface area contributed by atoms with E-state index in [0.29, 0.717) is 24.2 Å². The van der Waals surface area contributed by atoms with Crippen LogP contribution in [0.5, 0.6) is 0 Å². The molecule has 31 heavy (non-hydrogen) atoms. The summed E-state index contributed by atoms with van der Waals surface area (Å²) in [4.78, 5) is 15.8. The third kappa shape index (κ3) is 6.01. The Morgan fingerprint density at radius 2 is 1.81 bits per heavy atom. The molecule has 0 aliphatic carbocycles. The lowest BCUT2D eigenvalue weighted by molar-refractivity contribution is 0.0743. The van der Waals surface area contributed by atoms with Crippen molar-refractivity contribution in [2.24, 2.45) is 0 Å². The van der Waals surface area contributed by atoms with Gasteiger partial charge in [-0.3, -0.25) is 4.79 Å². The number of carbonyl (C=O) groups is 1. The molecule has 6 nitrogen and oxygen atoms in total. The number of carbonyl (C=O) groups excluding carboxylic acids is 1. The van der Waals surface area contributed by atoms with E-state index in [1.165, 1.54) is 23.5 Å². The average molecular weight is 454 g/mol. The van der Waals surface area contributed by atoms with E-state index in [-0.39, 0.29) is 17.3 Å². The lowest BCUT2D eigenvalue weighted by Gasteiger charge is -2.22. The van der Waals surface area contributed by atoms with Gasteiger partial charge in [-0.1, -0.05) is 25.1 Å². The Kier molecular flexibility index (Phi) is 7.58. The van der Waals surface area contributed by atoms with Crippen molar-refractivity contribution in [1.29, 1.82) is 5.26 Å². The molecule has 0 aliphatic rings. The number of rotatable bonds is 9. The van der Waals surface area contributed by atoms with E-state index in [0.717, 1.165) is 16.9 Å². The number of nitrogens with one attached hydrogen (secondary N) is 1. The van der Waals surface area contributed by atoms with Crippen LogP contribution in [0.15, 0.2) is 70.9 Å². The van der Waals surface area contributed by atoms with Gasteiger partial charge in [0.15, 0.2) is 0 Å². The van der Waals surface area contributed by atoms with Crippen LogP contribution < -0.4 is 4.72 Å². The van der Waals surface area contributed by atoms with Crippen molar-refractivity contribution in [2.45, 2.75) is 31.3 Å². The van der Waals surface area contributed by atoms with Gasteiger partial charge in [0.1, 0.15) is 0 Å². The summed E-state index contributed by atoms with van der Waals surface area (Å²) >= 11 is 1.48. The molecule has 0 unspecified atom stereocenters. The summed E-state index contributed by atoms with van der Waals surface area (Å²) in [6.07, 6.45) is 0.793. The average Bonchev–Trinajstić information content (AvgIpc) is 3.31. The number of thiophene rings is 1. The van der Waals surface area contributed by atoms with E-state index < -0.39 is 10.0 Å². The van der Waals surface area contributed by atoms with Crippen molar-refractivity contribution >= 4 is 27.3 Å². The summed E-state index contributed by atoms with van der Waals surface area (Å²) in [5.74, 6) is -0.165. The maximum atomic E-state index is 13.0. The molecule has 8 heteroatoms. The topological polar surface area (TPSA) is 90.3 Å². The molecule has 0 spiro atoms. The second-order valence-electron chi connectivity index (χ2n) is 6.96. The number of hydrogen-bond donors (Lipinski definition) is 1. The number of sulfonamides is 1. The third-order valence-electron chi connectivity index (χ3n) is 4.67. The molecule has 0 aliphatic heterocycles. The summed E-state index contributed by atoms with van der Waals surface area (Å²) in [5, 5.41) is 10.8. The summed E-state index contributed by atoms with van der Waals surface area (Å²) in [6, 6.07) is 18.9. The van der Waals surface area contributed by atoms with Gasteiger partial charge in [-0.2, -0.15) is 5.26 Å². The highest BCUT2D eigenvalue weighted by Crippen LogP contribution is 2.16. The standard InChI is InChI=1S/C23H23N3O3S2/c1-2-13-26(17-19-7-5-18(15-24)6-8-19)23(27)20-9-11-22(12-10-20)31(28,29)25-16-21-4-3-14-30-21/h3-12,14,25H,2,13,16-17H2,1H3. The molecule has 0 bridgehead atoms. The minimum atomic E-state index is -3.66. The van der Waals surface area contributed by atoms with Crippen LogP contribution in [0, 0.1) is 11.3 Å². The van der Waals surface area contributed by atoms with Crippen LogP contribution in [0.1, 0.15) is 39.7 Å². The van der Waals surface area contributed by atoms with Gasteiger partial charge in [0, 0.05) is 30.1 Å². The SMILES string of the molecule is CCCN(Cc1ccc(C#N)cc1)C(=O)c1ccc(S(=O)(=O)NCc2cccs2)cc1. The van der Waals surface area contributed by atoms with E-state index in [1.807, 2.05) is 36.6 Å². The maximum Gasteiger partial charge on any atom is 0.254 e. The van der Waals surface area contributed by atoms with Crippen molar-refractivity contribution < 1.29 is 13.2 Å². The van der Waals surface area contributed by atoms with Crippen LogP contribution in [0.4, 0.5) is 0 Å². The largest absolute Gasteiger partial charge is 0.334 e. The predicted molar refractivity (Wildman–Crippen MR) is 121 cm³/mol. The molecule has 3 rings (SSSR count). The van der Waals surface area contributed by atoms with Gasteiger partial charge in [-0.25, -0.2) is 13.1 Å². The maximum absolute atomic E-state index is 13.0. The molecule has 160 valence electrons. The Morgan fingerprint density at radius 3 is 2.39 bits per heavy atom. The molecule has 0 saturated heterocycles. The fourth-order valence-corrected chi connectivity index (χ4v) is 4.79. The zero-order valence-electron chi connectivity index (χ0n) is 17.1. The van der Waals surface area contributed by atoms with Gasteiger partial charge in [0.2, 0.25) is 10.0 Å². The lowest BCUT2D eigenvalue weighted by Crippen LogP contribution is -2.31. The second-order valence-corrected chi connectivity index (χ2v) is 9.76. The van der Waals surface area contributed by atoms with E-state index in [1.54, 1.807) is 29.2 Å². The van der Waals surface area contributed by atoms with Crippen molar-refractivity contribution in [3.8, 4) is 6.07 Å². The molecule has 3 aromatic rings. The van der Waals surface area contributed by atoms with Gasteiger partial charge in [0.25, 0.3) is 5.91 Å². The number of hydrogen-bond acceptors (Lipinski definition) is 5. The quantitative estimate of drug-likeness (QED) is 0.527. The number of benzene rings is 2. The molecule has 0 fully saturated rings. The molecule has 1 aromatic heterocycles. The van der Waals surface area contributed by atoms with E-state index >= 15 is 0 Å². The van der Waals surface area contributed by atoms with Crippen LogP contribution in [0.25, 0.3) is 0 Å². The predicted octanol–water partition coefficient (Wildman–Crippen LogP) is 4.15. The number of nitriles is 1. The normalized spacial score (nSPS) is 11.1. The molecule has 0 radical (unpaired) electrons. The van der Waals surface area contributed by atoms with E-state index in [4.69, 9.17) is 5.26 Å². The van der Waals surface area contributed by atoms with E-state index in [9.17, 15) is 13.2 Å². The molecule has 1 heterocycles. The first-order valence-electron chi connectivity index (χ1n) is 9.83. The second kappa shape index (κ2) is 10.4. The summed E-state index contributed by atoms with van der Waals surface area (Å²) in [6.45, 7) is 3.21. The van der Waals surface area contributed by atoms with Crippen molar-refractivity contribution in [1.82, 2.24) is 9.62 Å². The smallest absolute Gasteiger partial charge is 0.254 e. The minimum Gasteiger partial charge on any atom is -0.334 e. The van der Waals surface area contributed by atoms with Gasteiger partial charge in [-0.05, 0) is 59.8 Å². The monoisotopic (exact) mass is 453 g/mol. The molecule has 0 atom stereocenters. The number of amides is 1. The highest BCUT2D eigenvalue weighted by Gasteiger charge is 2.18. The van der Waals surface area contributed by atoms with Crippen LogP contribution in [-0.4, -0.2) is 25.8 Å². The van der Waals surface area contributed by atoms with Crippen molar-refractivity contribution in [2.75, 3.05) is 6.54 Å². The first-order chi connectivity index (χ1) is 14.9. The van der Waals surface area contributed by atoms with Crippen LogP contribution >= 0.6 is 11.3 Å². The first kappa shape index (κ1) is 22.7. The Hall–Kier alpha value is -2.99. The zero-order chi connectivity index (χ0) is 22.3. The Labute approximate surface area is 186 Å². The van der Waals surface area contributed by atoms with Crippen LogP contribution in [0.3, 0.4) is 0 Å². The van der Waals surface area contributed by atoms with Crippen molar-refractivity contribution in [3.05, 3.63) is 87.6 Å². The summed E-state index contributed by atoms with van der Waals surface area (Å²) < 4.78 is 27.6. The lowest BCUT2D eigenvalue weighted by atomic mass is 10.1. The first-order valence-corrected chi connectivity index (χ1v) is 12.2. The fraction of sp³-hybridized carbons (Fsp3) is 0.217. The van der Waals surface area contributed by atoms with Gasteiger partial charge < -0.3 is 4.90 Å². The molecule has 1 amide bonds. The molecular formula is C23H23N3O3S2. The van der Waals surface area contributed by atoms with Crippen molar-refractivity contribution in [3.63, 3.8) is 0 Å². The Bertz CT molecular complexity index is 1150. The highest BCUT2D eigenvalue weighted by molar-refractivity contribution is 7.89. The summed E-state index contributed by atoms with van der Waals surface area (Å²) in [7, 11) is -3.66.